The topological polar surface area (TPSA) is 106 Å². The minimum atomic E-state index is -0.843. The van der Waals surface area contributed by atoms with Gasteiger partial charge in [-0.05, 0) is 55.8 Å². The number of benzene rings is 2. The molecule has 0 bridgehead atoms. The molecule has 1 aliphatic rings. The molecule has 0 fully saturated rings. The van der Waals surface area contributed by atoms with Crippen molar-refractivity contribution in [1.29, 1.82) is 0 Å². The molecule has 0 amide bonds. The van der Waals surface area contributed by atoms with Crippen LogP contribution in [-0.4, -0.2) is 40.5 Å². The molecule has 0 aliphatic carbocycles. The fourth-order valence-corrected chi connectivity index (χ4v) is 5.95. The highest BCUT2D eigenvalue weighted by Gasteiger charge is 2.35. The van der Waals surface area contributed by atoms with Gasteiger partial charge in [-0.1, -0.05) is 17.4 Å². The van der Waals surface area contributed by atoms with Crippen molar-refractivity contribution in [1.82, 2.24) is 13.7 Å². The molecule has 10 nitrogen and oxygen atoms in total. The summed E-state index contributed by atoms with van der Waals surface area (Å²) in [6.07, 6.45) is 1.77. The predicted molar refractivity (Wildman–Crippen MR) is 148 cm³/mol. The van der Waals surface area contributed by atoms with Gasteiger partial charge < -0.3 is 14.2 Å². The highest BCUT2D eigenvalue weighted by molar-refractivity contribution is 7.07. The number of aryl methyl sites for hydroxylation is 2. The molecule has 1 aliphatic heterocycles. The van der Waals surface area contributed by atoms with Gasteiger partial charge in [-0.15, -0.1) is 0 Å². The summed E-state index contributed by atoms with van der Waals surface area (Å²) in [5.74, 6) is 0.480. The third-order valence-electron chi connectivity index (χ3n) is 6.84. The van der Waals surface area contributed by atoms with Crippen LogP contribution in [0.1, 0.15) is 31.0 Å². The summed E-state index contributed by atoms with van der Waals surface area (Å²) >= 11 is 1.22. The molecule has 11 heteroatoms. The van der Waals surface area contributed by atoms with Crippen LogP contribution in [0.5, 0.6) is 11.5 Å². The van der Waals surface area contributed by atoms with Crippen molar-refractivity contribution in [3.63, 3.8) is 0 Å². The van der Waals surface area contributed by atoms with Crippen molar-refractivity contribution >= 4 is 34.4 Å². The zero-order valence-corrected chi connectivity index (χ0v) is 23.3. The van der Waals surface area contributed by atoms with Crippen LogP contribution in [-0.2, 0) is 23.6 Å². The molecule has 0 radical (unpaired) electrons. The highest BCUT2D eigenvalue weighted by atomic mass is 32.1. The summed E-state index contributed by atoms with van der Waals surface area (Å²) in [7, 11) is 6.51. The van der Waals surface area contributed by atoms with Gasteiger partial charge in [-0.2, -0.15) is 0 Å². The molecule has 3 heterocycles. The quantitative estimate of drug-likeness (QED) is 0.342. The van der Waals surface area contributed by atoms with E-state index in [4.69, 9.17) is 14.2 Å². The predicted octanol–water partition coefficient (Wildman–Crippen LogP) is 2.01. The zero-order valence-electron chi connectivity index (χ0n) is 22.5. The number of methoxy groups -OCH3 is 2. The van der Waals surface area contributed by atoms with E-state index in [-0.39, 0.29) is 23.4 Å². The summed E-state index contributed by atoms with van der Waals surface area (Å²) < 4.78 is 21.5. The van der Waals surface area contributed by atoms with Crippen LogP contribution in [0.15, 0.2) is 62.2 Å². The average molecular weight is 549 g/mol. The van der Waals surface area contributed by atoms with E-state index in [1.807, 2.05) is 18.2 Å². The summed E-state index contributed by atoms with van der Waals surface area (Å²) in [4.78, 5) is 44.6. The minimum Gasteiger partial charge on any atom is -0.497 e. The summed E-state index contributed by atoms with van der Waals surface area (Å²) in [5, 5.41) is 0. The number of thiazole rings is 1. The Morgan fingerprint density at radius 3 is 2.49 bits per heavy atom. The molecule has 202 valence electrons. The van der Waals surface area contributed by atoms with Crippen molar-refractivity contribution in [2.75, 3.05) is 20.8 Å². The largest absolute Gasteiger partial charge is 0.497 e. The Balaban J connectivity index is 1.76. The Labute approximate surface area is 227 Å². The molecular formula is C28H28N4O6S. The van der Waals surface area contributed by atoms with Gasteiger partial charge in [0.2, 0.25) is 0 Å². The number of hydrogen-bond acceptors (Lipinski definition) is 8. The smallest absolute Gasteiger partial charge is 0.338 e. The van der Waals surface area contributed by atoms with Crippen LogP contribution in [0.4, 0.5) is 0 Å². The van der Waals surface area contributed by atoms with Gasteiger partial charge in [0.05, 0.1) is 47.7 Å². The van der Waals surface area contributed by atoms with Crippen molar-refractivity contribution in [3.05, 3.63) is 89.0 Å². The highest BCUT2D eigenvalue weighted by Crippen LogP contribution is 2.37. The fraction of sp³-hybridized carbons (Fsp3) is 0.286. The second kappa shape index (κ2) is 10.1. The lowest BCUT2D eigenvalue weighted by Gasteiger charge is -2.26. The maximum atomic E-state index is 14.0. The lowest BCUT2D eigenvalue weighted by molar-refractivity contribution is -0.139. The SMILES string of the molecule is CCOC(=O)C1=C(C)N=c2sc(=Cc3ccc4c(c3)n(C)c(=O)n4C)c(=O)n2[C@@H]1c1cc(OC)ccc1OC. The zero-order chi connectivity index (χ0) is 28.0. The van der Waals surface area contributed by atoms with Gasteiger partial charge in [0.25, 0.3) is 5.56 Å². The van der Waals surface area contributed by atoms with E-state index in [2.05, 4.69) is 4.99 Å². The second-order valence-corrected chi connectivity index (χ2v) is 10.1. The first-order chi connectivity index (χ1) is 18.7. The maximum Gasteiger partial charge on any atom is 0.338 e. The Bertz CT molecular complexity index is 1910. The molecule has 0 unspecified atom stereocenters. The Kier molecular flexibility index (Phi) is 6.77. The lowest BCUT2D eigenvalue weighted by Crippen LogP contribution is -2.40. The van der Waals surface area contributed by atoms with Crippen LogP contribution >= 0.6 is 11.3 Å². The average Bonchev–Trinajstić information content (AvgIpc) is 3.34. The number of aromatic nitrogens is 3. The van der Waals surface area contributed by atoms with Gasteiger partial charge in [0, 0.05) is 19.7 Å². The molecule has 4 aromatic rings. The van der Waals surface area contributed by atoms with E-state index in [0.29, 0.717) is 32.1 Å². The number of hydrogen-bond donors (Lipinski definition) is 0. The number of ether oxygens (including phenoxy) is 3. The third-order valence-corrected chi connectivity index (χ3v) is 7.83. The first-order valence-electron chi connectivity index (χ1n) is 12.3. The molecule has 0 saturated heterocycles. The van der Waals surface area contributed by atoms with E-state index < -0.39 is 12.0 Å². The van der Waals surface area contributed by atoms with E-state index in [0.717, 1.165) is 16.6 Å². The number of esters is 1. The fourth-order valence-electron chi connectivity index (χ4n) is 4.90. The number of carbonyl (C=O) groups is 1. The molecule has 2 aromatic heterocycles. The minimum absolute atomic E-state index is 0.129. The van der Waals surface area contributed by atoms with E-state index in [1.165, 1.54) is 23.0 Å². The second-order valence-electron chi connectivity index (χ2n) is 9.06. The molecular weight excluding hydrogens is 520 g/mol. The molecule has 0 N–H and O–H groups in total. The summed E-state index contributed by atoms with van der Waals surface area (Å²) in [5.41, 5.74) is 3.14. The van der Waals surface area contributed by atoms with Gasteiger partial charge in [0.1, 0.15) is 17.5 Å². The van der Waals surface area contributed by atoms with Crippen molar-refractivity contribution in [2.24, 2.45) is 19.1 Å². The molecule has 0 saturated carbocycles. The first kappa shape index (κ1) is 26.2. The third kappa shape index (κ3) is 4.28. The van der Waals surface area contributed by atoms with Crippen molar-refractivity contribution in [2.45, 2.75) is 19.9 Å². The van der Waals surface area contributed by atoms with Crippen molar-refractivity contribution in [3.8, 4) is 11.5 Å². The molecule has 5 rings (SSSR count). The summed E-state index contributed by atoms with van der Waals surface area (Å²) in [6.45, 7) is 3.63. The van der Waals surface area contributed by atoms with Crippen LogP contribution in [0.25, 0.3) is 17.1 Å². The number of nitrogens with zero attached hydrogens (tertiary/aromatic N) is 4. The van der Waals surface area contributed by atoms with Crippen LogP contribution in [0.3, 0.4) is 0 Å². The van der Waals surface area contributed by atoms with Crippen LogP contribution in [0.2, 0.25) is 0 Å². The Hall–Kier alpha value is -4.38. The van der Waals surface area contributed by atoms with Crippen LogP contribution in [0, 0.1) is 0 Å². The molecule has 0 spiro atoms. The number of imidazole rings is 1. The Morgan fingerprint density at radius 1 is 1.05 bits per heavy atom. The molecule has 1 atom stereocenters. The number of allylic oxidation sites excluding steroid dienone is 1. The van der Waals surface area contributed by atoms with E-state index in [1.54, 1.807) is 68.5 Å². The maximum absolute atomic E-state index is 14.0. The van der Waals surface area contributed by atoms with Gasteiger partial charge in [-0.25, -0.2) is 14.6 Å². The number of carbonyl (C=O) groups excluding carboxylic acids is 1. The van der Waals surface area contributed by atoms with Gasteiger partial charge in [-0.3, -0.25) is 18.5 Å². The van der Waals surface area contributed by atoms with Gasteiger partial charge in [0.15, 0.2) is 4.80 Å². The normalized spacial score (nSPS) is 15.3. The van der Waals surface area contributed by atoms with Crippen LogP contribution < -0.4 is 30.1 Å². The molecule has 2 aromatic carbocycles. The van der Waals surface area contributed by atoms with Gasteiger partial charge >= 0.3 is 11.7 Å². The summed E-state index contributed by atoms with van der Waals surface area (Å²) in [6, 6.07) is 9.98. The monoisotopic (exact) mass is 548 g/mol. The lowest BCUT2D eigenvalue weighted by atomic mass is 9.94. The van der Waals surface area contributed by atoms with Crippen molar-refractivity contribution < 1.29 is 19.0 Å². The van der Waals surface area contributed by atoms with E-state index >= 15 is 0 Å². The Morgan fingerprint density at radius 2 is 1.79 bits per heavy atom. The number of rotatable bonds is 6. The molecule has 39 heavy (non-hydrogen) atoms. The van der Waals surface area contributed by atoms with E-state index in [9.17, 15) is 14.4 Å². The number of fused-ring (bicyclic) bond motifs is 2. The first-order valence-corrected chi connectivity index (χ1v) is 13.1. The standard InChI is InChI=1S/C28H28N4O6S/c1-7-38-26(34)23-15(2)29-27-32(24(23)18-14-17(36-5)9-11-21(18)37-6)25(33)22(39-27)13-16-8-10-19-20(12-16)31(4)28(35)30(19)3/h8-14,24H,7H2,1-6H3/t24-/m1/s1.